The third-order valence-corrected chi connectivity index (χ3v) is 11.1. The Morgan fingerprint density at radius 1 is 0.466 bits per heavy atom. The summed E-state index contributed by atoms with van der Waals surface area (Å²) >= 11 is 0. The van der Waals surface area contributed by atoms with Gasteiger partial charge in [-0.25, -0.2) is 9.98 Å². The third kappa shape index (κ3) is 5.97. The second kappa shape index (κ2) is 14.1. The lowest BCUT2D eigenvalue weighted by Crippen LogP contribution is -2.33. The molecule has 11 rings (SSSR count). The van der Waals surface area contributed by atoms with Crippen molar-refractivity contribution in [2.75, 3.05) is 4.90 Å². The van der Waals surface area contributed by atoms with E-state index in [-0.39, 0.29) is 6.17 Å². The average Bonchev–Trinajstić information content (AvgIpc) is 3.69. The molecule has 1 aliphatic heterocycles. The van der Waals surface area contributed by atoms with E-state index in [1.165, 1.54) is 16.2 Å². The molecule has 5 heteroatoms. The zero-order valence-electron chi connectivity index (χ0n) is 31.5. The summed E-state index contributed by atoms with van der Waals surface area (Å²) in [7, 11) is 0. The van der Waals surface area contributed by atoms with E-state index in [4.69, 9.17) is 14.4 Å². The van der Waals surface area contributed by atoms with Crippen LogP contribution in [0.15, 0.2) is 221 Å². The molecule has 0 radical (unpaired) electrons. The molecule has 10 aromatic rings. The Labute approximate surface area is 335 Å². The van der Waals surface area contributed by atoms with Crippen LogP contribution in [0.1, 0.15) is 22.9 Å². The van der Waals surface area contributed by atoms with Crippen molar-refractivity contribution in [2.24, 2.45) is 9.98 Å². The van der Waals surface area contributed by atoms with Gasteiger partial charge < -0.3 is 14.6 Å². The molecule has 58 heavy (non-hydrogen) atoms. The molecule has 0 fully saturated rings. The van der Waals surface area contributed by atoms with Gasteiger partial charge in [-0.05, 0) is 87.3 Å². The predicted octanol–water partition coefficient (Wildman–Crippen LogP) is 13.5. The number of aliphatic imine (C=N–C) groups is 2. The lowest BCUT2D eigenvalue weighted by molar-refractivity contribution is 0.669. The van der Waals surface area contributed by atoms with Crippen LogP contribution in [-0.4, -0.2) is 11.7 Å². The van der Waals surface area contributed by atoms with Crippen molar-refractivity contribution in [2.45, 2.75) is 6.17 Å². The fourth-order valence-electron chi connectivity index (χ4n) is 8.25. The van der Waals surface area contributed by atoms with E-state index in [9.17, 15) is 0 Å². The number of rotatable bonds is 7. The monoisotopic (exact) mass is 744 g/mol. The van der Waals surface area contributed by atoms with Crippen LogP contribution in [0.2, 0.25) is 0 Å². The van der Waals surface area contributed by atoms with Gasteiger partial charge in [0, 0.05) is 44.5 Å². The van der Waals surface area contributed by atoms with E-state index in [1.807, 2.05) is 24.3 Å². The summed E-state index contributed by atoms with van der Waals surface area (Å²) in [5, 5.41) is 10.6. The maximum absolute atomic E-state index is 6.83. The maximum atomic E-state index is 6.83. The number of anilines is 3. The Balaban J connectivity index is 1.09. The van der Waals surface area contributed by atoms with Crippen molar-refractivity contribution >= 4 is 72.2 Å². The highest BCUT2D eigenvalue weighted by Crippen LogP contribution is 2.42. The molecule has 2 heterocycles. The van der Waals surface area contributed by atoms with Gasteiger partial charge in [-0.3, -0.25) is 0 Å². The first-order chi connectivity index (χ1) is 28.7. The van der Waals surface area contributed by atoms with Gasteiger partial charge in [0.15, 0.2) is 5.84 Å². The van der Waals surface area contributed by atoms with E-state index in [0.29, 0.717) is 5.84 Å². The van der Waals surface area contributed by atoms with Crippen LogP contribution in [0.4, 0.5) is 17.1 Å². The topological polar surface area (TPSA) is 53.1 Å². The smallest absolute Gasteiger partial charge is 0.159 e. The molecule has 0 amide bonds. The molecular weight excluding hydrogens is 709 g/mol. The van der Waals surface area contributed by atoms with Gasteiger partial charge in [0.1, 0.15) is 23.2 Å². The Hall–Kier alpha value is -7.76. The molecule has 0 saturated heterocycles. The van der Waals surface area contributed by atoms with E-state index in [0.717, 1.165) is 78.0 Å². The van der Waals surface area contributed by atoms with Gasteiger partial charge in [-0.15, -0.1) is 0 Å². The summed E-state index contributed by atoms with van der Waals surface area (Å²) < 4.78 is 6.83. The molecule has 274 valence electrons. The first kappa shape index (κ1) is 33.6. The van der Waals surface area contributed by atoms with Gasteiger partial charge in [-0.1, -0.05) is 152 Å². The predicted molar refractivity (Wildman–Crippen MR) is 241 cm³/mol. The standard InChI is InChI=1S/C53H36N4O/c1-4-16-38(17-5-1)51-54-52(39-18-6-2-7-19-39)56-53(55-51)41-33-46(50-47(34-41)49-45-23-13-12-15-36(45)27-31-48(49)58-50)37-25-28-43(29-26-37)57(42-21-8-3-9-22-42)44-30-24-35-14-10-11-20-40(35)32-44/h1-34,51H,(H,54,55,56). The van der Waals surface area contributed by atoms with Crippen LogP contribution in [0.3, 0.4) is 0 Å². The van der Waals surface area contributed by atoms with E-state index in [2.05, 4.69) is 192 Å². The second-order valence-electron chi connectivity index (χ2n) is 14.6. The molecule has 9 aromatic carbocycles. The van der Waals surface area contributed by atoms with E-state index in [1.54, 1.807) is 0 Å². The lowest BCUT2D eigenvalue weighted by atomic mass is 9.96. The highest BCUT2D eigenvalue weighted by Gasteiger charge is 2.24. The number of benzene rings is 9. The Kier molecular flexibility index (Phi) is 8.14. The Bertz CT molecular complexity index is 3190. The van der Waals surface area contributed by atoms with E-state index < -0.39 is 0 Å². The number of amidine groups is 2. The van der Waals surface area contributed by atoms with Crippen LogP contribution < -0.4 is 10.2 Å². The van der Waals surface area contributed by atoms with Gasteiger partial charge in [0.2, 0.25) is 0 Å². The molecule has 0 spiro atoms. The first-order valence-corrected chi connectivity index (χ1v) is 19.6. The zero-order chi connectivity index (χ0) is 38.4. The molecule has 1 aromatic heterocycles. The number of nitrogens with zero attached hydrogens (tertiary/aromatic N) is 3. The SMILES string of the molecule is c1ccc(C2=NC(c3ccccc3)NC(c3cc(-c4ccc(N(c5ccccc5)c5ccc6ccccc6c5)cc4)c4oc5ccc6ccccc6c5c4c3)=N2)cc1. The first-order valence-electron chi connectivity index (χ1n) is 19.6. The van der Waals surface area contributed by atoms with Crippen molar-refractivity contribution in [3.8, 4) is 11.1 Å². The molecule has 1 N–H and O–H groups in total. The number of nitrogens with one attached hydrogen (secondary N) is 1. The van der Waals surface area contributed by atoms with Crippen molar-refractivity contribution in [3.63, 3.8) is 0 Å². The van der Waals surface area contributed by atoms with Crippen LogP contribution in [0, 0.1) is 0 Å². The second-order valence-corrected chi connectivity index (χ2v) is 14.6. The molecule has 5 nitrogen and oxygen atoms in total. The summed E-state index contributed by atoms with van der Waals surface area (Å²) in [6.45, 7) is 0. The number of fused-ring (bicyclic) bond motifs is 6. The van der Waals surface area contributed by atoms with Crippen LogP contribution in [0.25, 0.3) is 54.6 Å². The van der Waals surface area contributed by atoms with Crippen molar-refractivity contribution in [1.29, 1.82) is 0 Å². The molecule has 1 atom stereocenters. The fraction of sp³-hybridized carbons (Fsp3) is 0.0189. The average molecular weight is 745 g/mol. The highest BCUT2D eigenvalue weighted by molar-refractivity contribution is 6.23. The van der Waals surface area contributed by atoms with Crippen molar-refractivity contribution in [1.82, 2.24) is 5.32 Å². The zero-order valence-corrected chi connectivity index (χ0v) is 31.5. The molecule has 1 aliphatic rings. The van der Waals surface area contributed by atoms with Gasteiger partial charge >= 0.3 is 0 Å². The minimum absolute atomic E-state index is 0.316. The summed E-state index contributed by atoms with van der Waals surface area (Å²) in [6.07, 6.45) is -0.316. The quantitative estimate of drug-likeness (QED) is 0.177. The third-order valence-electron chi connectivity index (χ3n) is 11.1. The van der Waals surface area contributed by atoms with Gasteiger partial charge in [0.05, 0.1) is 0 Å². The van der Waals surface area contributed by atoms with Crippen LogP contribution >= 0.6 is 0 Å². The lowest BCUT2D eigenvalue weighted by Gasteiger charge is -2.26. The summed E-state index contributed by atoms with van der Waals surface area (Å²) in [6, 6.07) is 72.3. The van der Waals surface area contributed by atoms with Crippen molar-refractivity contribution in [3.05, 3.63) is 223 Å². The minimum atomic E-state index is -0.316. The molecule has 0 saturated carbocycles. The van der Waals surface area contributed by atoms with Crippen LogP contribution in [-0.2, 0) is 0 Å². The number of furan rings is 1. The largest absolute Gasteiger partial charge is 0.455 e. The van der Waals surface area contributed by atoms with Crippen LogP contribution in [0.5, 0.6) is 0 Å². The normalized spacial score (nSPS) is 14.0. The summed E-state index contributed by atoms with van der Waals surface area (Å²) in [4.78, 5) is 12.6. The molecule has 1 unspecified atom stereocenters. The van der Waals surface area contributed by atoms with Gasteiger partial charge in [-0.2, -0.15) is 0 Å². The van der Waals surface area contributed by atoms with Gasteiger partial charge in [0.25, 0.3) is 0 Å². The van der Waals surface area contributed by atoms with Crippen molar-refractivity contribution < 1.29 is 4.42 Å². The summed E-state index contributed by atoms with van der Waals surface area (Å²) in [5.41, 5.74) is 9.94. The minimum Gasteiger partial charge on any atom is -0.455 e. The fourth-order valence-corrected chi connectivity index (χ4v) is 8.25. The maximum Gasteiger partial charge on any atom is 0.159 e. The number of hydrogen-bond donors (Lipinski definition) is 1. The van der Waals surface area contributed by atoms with E-state index >= 15 is 0 Å². The summed E-state index contributed by atoms with van der Waals surface area (Å²) in [5.74, 6) is 1.44. The molecule has 0 bridgehead atoms. The highest BCUT2D eigenvalue weighted by atomic mass is 16.3. The Morgan fingerprint density at radius 2 is 1.10 bits per heavy atom. The number of para-hydroxylation sites is 1. The number of hydrogen-bond acceptors (Lipinski definition) is 5. The molecular formula is C53H36N4O. The Morgan fingerprint density at radius 3 is 1.90 bits per heavy atom. The molecule has 0 aliphatic carbocycles.